The molecule has 0 amide bonds. The van der Waals surface area contributed by atoms with Crippen LogP contribution in [0.15, 0.2) is 29.8 Å². The van der Waals surface area contributed by atoms with Crippen molar-refractivity contribution in [2.24, 2.45) is 5.41 Å². The topological polar surface area (TPSA) is 9.86 Å². The summed E-state index contributed by atoms with van der Waals surface area (Å²) in [5, 5.41) is 1.79. The van der Waals surface area contributed by atoms with Crippen molar-refractivity contribution in [3.05, 3.63) is 35.0 Å². The summed E-state index contributed by atoms with van der Waals surface area (Å²) in [4.78, 5) is 0. The third-order valence-electron chi connectivity index (χ3n) is 8.70. The Labute approximate surface area is 238 Å². The van der Waals surface area contributed by atoms with E-state index in [9.17, 15) is 0 Å². The second-order valence-electron chi connectivity index (χ2n) is 12.9. The molecule has 3 saturated carbocycles. The normalized spacial score (nSPS) is 22.0. The fourth-order valence-corrected chi connectivity index (χ4v) is 15.0. The van der Waals surface area contributed by atoms with Gasteiger partial charge in [-0.25, -0.2) is 0 Å². The minimum atomic E-state index is -1.46. The standard InChI is InChI=1S/C30H51N2P.2ClH.Ru/c1-23(2)31-21-22-32(24(3)4)29(31)33(26-14-8-9-15-26,27-16-10-11-17-27)28-18-12-13-25(28)19-20-30(5,6)7;;;/h20-24,26-28H,8-18H2,1-7H3;2*1H;/q;;;+2/p-2. The van der Waals surface area contributed by atoms with Gasteiger partial charge < -0.3 is 9.13 Å². The maximum absolute atomic E-state index is 4.85. The molecule has 0 spiro atoms. The van der Waals surface area contributed by atoms with Gasteiger partial charge in [0, 0.05) is 30.1 Å². The Kier molecular flexibility index (Phi) is 11.7. The average Bonchev–Trinajstić information content (AvgIpc) is 3.62. The molecular weight excluding hydrogens is 591 g/mol. The Balaban J connectivity index is 0.00000115. The van der Waals surface area contributed by atoms with E-state index in [1.54, 1.807) is 10.8 Å². The first kappa shape index (κ1) is 30.9. The molecule has 1 heterocycles. The van der Waals surface area contributed by atoms with E-state index in [0.29, 0.717) is 12.1 Å². The monoisotopic (exact) mass is 642 g/mol. The van der Waals surface area contributed by atoms with Gasteiger partial charge in [-0.3, -0.25) is 0 Å². The molecule has 1 aromatic rings. The van der Waals surface area contributed by atoms with Crippen molar-refractivity contribution >= 4 is 26.3 Å². The van der Waals surface area contributed by atoms with Crippen LogP contribution in [0.5, 0.6) is 0 Å². The molecule has 0 bridgehead atoms. The van der Waals surface area contributed by atoms with Gasteiger partial charge in [0.2, 0.25) is 0 Å². The van der Waals surface area contributed by atoms with Gasteiger partial charge in [-0.1, -0.05) is 46.5 Å². The van der Waals surface area contributed by atoms with Crippen molar-refractivity contribution in [2.45, 2.75) is 148 Å². The van der Waals surface area contributed by atoms with Crippen LogP contribution in [0.3, 0.4) is 0 Å². The van der Waals surface area contributed by atoms with Crippen molar-refractivity contribution in [2.75, 3.05) is 0 Å². The van der Waals surface area contributed by atoms with Crippen molar-refractivity contribution in [1.29, 1.82) is 0 Å². The van der Waals surface area contributed by atoms with Crippen molar-refractivity contribution in [1.82, 2.24) is 9.13 Å². The minimum absolute atomic E-state index is 0.206. The molecule has 6 heteroatoms. The molecule has 1 aromatic heterocycles. The van der Waals surface area contributed by atoms with E-state index in [4.69, 9.17) is 19.4 Å². The molecule has 0 N–H and O–H groups in total. The van der Waals surface area contributed by atoms with E-state index in [2.05, 4.69) is 81.8 Å². The van der Waals surface area contributed by atoms with Crippen LogP contribution in [-0.2, 0) is 15.1 Å². The summed E-state index contributed by atoms with van der Waals surface area (Å²) in [6.45, 7) is 15.2. The number of aromatic nitrogens is 2. The number of hydrogen-bond donors (Lipinski definition) is 0. The Morgan fingerprint density at radius 1 is 0.861 bits per heavy atom. The first-order chi connectivity index (χ1) is 17.1. The second kappa shape index (κ2) is 13.6. The van der Waals surface area contributed by atoms with Crippen LogP contribution in [-0.4, -0.2) is 26.1 Å². The Hall–Kier alpha value is 0.363. The zero-order valence-electron chi connectivity index (χ0n) is 23.8. The second-order valence-corrected chi connectivity index (χ2v) is 19.7. The third-order valence-corrected chi connectivity index (χ3v) is 14.9. The third kappa shape index (κ3) is 6.73. The van der Waals surface area contributed by atoms with E-state index >= 15 is 0 Å². The maximum atomic E-state index is 4.85. The predicted octanol–water partition coefficient (Wildman–Crippen LogP) is 10.9. The number of hydrogen-bond acceptors (Lipinski definition) is 0. The van der Waals surface area contributed by atoms with Crippen LogP contribution in [0.4, 0.5) is 0 Å². The number of rotatable bonds is 5. The molecule has 1 unspecified atom stereocenters. The van der Waals surface area contributed by atoms with Crippen LogP contribution in [0, 0.1) is 10.6 Å². The molecule has 3 aliphatic rings. The SMILES string of the molecule is CC(C)n1ccn(C(C)C)c1=P(C1CCCC1)(C1CCCC1)C1CCCC1=C=CC(C)(C)C.[Cl][Ru][Cl]. The molecule has 0 aliphatic heterocycles. The van der Waals surface area contributed by atoms with Gasteiger partial charge in [0.15, 0.2) is 0 Å². The fourth-order valence-electron chi connectivity index (χ4n) is 7.33. The first-order valence-electron chi connectivity index (χ1n) is 14.4. The summed E-state index contributed by atoms with van der Waals surface area (Å²) in [5.74, 6) is 0. The van der Waals surface area contributed by atoms with Crippen LogP contribution in [0.2, 0.25) is 0 Å². The molecule has 3 aliphatic carbocycles. The number of imidazole rings is 1. The van der Waals surface area contributed by atoms with Crippen molar-refractivity contribution < 1.29 is 15.1 Å². The number of halogens is 2. The number of nitrogens with zero attached hydrogens (tertiary/aromatic N) is 2. The van der Waals surface area contributed by atoms with E-state index in [-0.39, 0.29) is 20.6 Å². The van der Waals surface area contributed by atoms with E-state index in [0.717, 1.165) is 17.0 Å². The van der Waals surface area contributed by atoms with Gasteiger partial charge >= 0.3 is 34.5 Å². The van der Waals surface area contributed by atoms with Gasteiger partial charge in [0.25, 0.3) is 0 Å². The van der Waals surface area contributed by atoms with Crippen LogP contribution in [0.1, 0.15) is 131 Å². The summed E-state index contributed by atoms with van der Waals surface area (Å²) in [7, 11) is 9.71. The molecule has 3 fully saturated rings. The average molecular weight is 643 g/mol. The van der Waals surface area contributed by atoms with E-state index in [1.165, 1.54) is 70.6 Å². The molecule has 36 heavy (non-hydrogen) atoms. The van der Waals surface area contributed by atoms with E-state index < -0.39 is 6.89 Å². The number of allylic oxidation sites excluding steroid dienone is 1. The molecule has 2 nitrogen and oxygen atoms in total. The van der Waals surface area contributed by atoms with Gasteiger partial charge in [0.05, 0.1) is 0 Å². The Bertz CT molecular complexity index is 946. The molecule has 0 saturated heterocycles. The summed E-state index contributed by atoms with van der Waals surface area (Å²) in [5.41, 5.74) is 8.50. The molecule has 0 radical (unpaired) electrons. The molecular formula is C30H51Cl2N2PRu. The molecule has 0 aromatic carbocycles. The van der Waals surface area contributed by atoms with Crippen molar-refractivity contribution in [3.8, 4) is 0 Å². The van der Waals surface area contributed by atoms with Crippen molar-refractivity contribution in [3.63, 3.8) is 0 Å². The zero-order chi connectivity index (χ0) is 26.5. The van der Waals surface area contributed by atoms with Gasteiger partial charge in [-0.05, 0) is 108 Å². The van der Waals surface area contributed by atoms with Gasteiger partial charge in [-0.15, -0.1) is 5.73 Å². The molecule has 208 valence electrons. The Morgan fingerprint density at radius 2 is 1.31 bits per heavy atom. The molecule has 1 atom stereocenters. The van der Waals surface area contributed by atoms with Gasteiger partial charge in [0.1, 0.15) is 5.20 Å². The van der Waals surface area contributed by atoms with Gasteiger partial charge in [-0.2, -0.15) is 0 Å². The zero-order valence-corrected chi connectivity index (χ0v) is 28.0. The quantitative estimate of drug-likeness (QED) is 0.172. The Morgan fingerprint density at radius 3 is 1.69 bits per heavy atom. The summed E-state index contributed by atoms with van der Waals surface area (Å²) >= 11 is -0.346. The molecule has 4 rings (SSSR count). The van der Waals surface area contributed by atoms with Crippen LogP contribution < -0.4 is 0 Å². The summed E-state index contributed by atoms with van der Waals surface area (Å²) in [6.07, 6.45) is 23.0. The predicted molar refractivity (Wildman–Crippen MR) is 158 cm³/mol. The van der Waals surface area contributed by atoms with Crippen LogP contribution in [0.25, 0.3) is 0 Å². The summed E-state index contributed by atoms with van der Waals surface area (Å²) in [6, 6.07) is 1.06. The fraction of sp³-hybridized carbons (Fsp3) is 0.800. The van der Waals surface area contributed by atoms with E-state index in [1.807, 2.05) is 0 Å². The summed E-state index contributed by atoms with van der Waals surface area (Å²) < 4.78 is 5.49. The first-order valence-corrected chi connectivity index (χ1v) is 20.9. The van der Waals surface area contributed by atoms with Crippen LogP contribution >= 0.6 is 26.3 Å².